The van der Waals surface area contributed by atoms with Gasteiger partial charge in [0.05, 0.1) is 33.1 Å². The number of para-hydroxylation sites is 5. The molecule has 0 radical (unpaired) electrons. The summed E-state index contributed by atoms with van der Waals surface area (Å²) in [6.45, 7) is 0. The van der Waals surface area contributed by atoms with E-state index in [1.54, 1.807) is 0 Å². The van der Waals surface area contributed by atoms with Crippen molar-refractivity contribution >= 4 is 78.5 Å². The van der Waals surface area contributed by atoms with Crippen LogP contribution in [-0.2, 0) is 0 Å². The number of aromatic nitrogens is 6. The molecule has 0 atom stereocenters. The van der Waals surface area contributed by atoms with Gasteiger partial charge in [0.15, 0.2) is 13.9 Å². The average Bonchev–Trinajstić information content (AvgIpc) is 3.97. The molecule has 0 amide bonds. The second kappa shape index (κ2) is 13.6. The lowest BCUT2D eigenvalue weighted by Crippen LogP contribution is -2.74. The van der Waals surface area contributed by atoms with Gasteiger partial charge in [-0.1, -0.05) is 176 Å². The molecule has 4 aromatic heterocycles. The van der Waals surface area contributed by atoms with Gasteiger partial charge in [0.25, 0.3) is 0 Å². The zero-order chi connectivity index (χ0) is 39.6. The Morgan fingerprint density at radius 1 is 0.333 bits per heavy atom. The molecule has 6 nitrogen and oxygen atoms in total. The molecule has 0 saturated carbocycles. The van der Waals surface area contributed by atoms with Gasteiger partial charge in [-0.05, 0) is 57.1 Å². The van der Waals surface area contributed by atoms with Gasteiger partial charge >= 0.3 is 0 Å². The SMILES string of the molecule is c1ccc(-c2nc(-n3c4ccccc4c4cc([Si](c5ccccc5)(c5ccccc5)c5ccccc5)ccc43)cc(-n3c4ccccc4n4c5ccccc5nc34)n2)cc1. The molecule has 0 unspecified atom stereocenters. The predicted molar refractivity (Wildman–Crippen MR) is 249 cm³/mol. The monoisotopic (exact) mass is 784 g/mol. The van der Waals surface area contributed by atoms with Crippen molar-refractivity contribution in [3.63, 3.8) is 0 Å². The molecule has 282 valence electrons. The van der Waals surface area contributed by atoms with Crippen molar-refractivity contribution in [2.45, 2.75) is 0 Å². The molecule has 0 bridgehead atoms. The first-order valence-electron chi connectivity index (χ1n) is 20.3. The third-order valence-corrected chi connectivity index (χ3v) is 16.8. The summed E-state index contributed by atoms with van der Waals surface area (Å²) in [5.41, 5.74) is 7.17. The first-order chi connectivity index (χ1) is 29.8. The van der Waals surface area contributed by atoms with Crippen molar-refractivity contribution in [3.05, 3.63) is 218 Å². The largest absolute Gasteiger partial charge is 0.294 e. The summed E-state index contributed by atoms with van der Waals surface area (Å²) in [5, 5.41) is 7.70. The fourth-order valence-corrected chi connectivity index (χ4v) is 14.2. The second-order valence-electron chi connectivity index (χ2n) is 15.3. The van der Waals surface area contributed by atoms with Crippen LogP contribution in [0.15, 0.2) is 218 Å². The number of fused-ring (bicyclic) bond motifs is 8. The Morgan fingerprint density at radius 3 is 1.48 bits per heavy atom. The van der Waals surface area contributed by atoms with E-state index in [2.05, 4.69) is 208 Å². The number of hydrogen-bond donors (Lipinski definition) is 0. The second-order valence-corrected chi connectivity index (χ2v) is 19.1. The summed E-state index contributed by atoms with van der Waals surface area (Å²) >= 11 is 0. The van der Waals surface area contributed by atoms with Gasteiger partial charge in [-0.25, -0.2) is 15.0 Å². The van der Waals surface area contributed by atoms with Crippen LogP contribution in [0.1, 0.15) is 0 Å². The Kier molecular flexibility index (Phi) is 7.76. The first kappa shape index (κ1) is 34.2. The van der Waals surface area contributed by atoms with Crippen molar-refractivity contribution in [3.8, 4) is 23.0 Å². The maximum atomic E-state index is 5.39. The summed E-state index contributed by atoms with van der Waals surface area (Å²) in [7, 11) is -2.79. The Labute approximate surface area is 346 Å². The zero-order valence-corrected chi connectivity index (χ0v) is 33.5. The van der Waals surface area contributed by atoms with Gasteiger partial charge in [0, 0.05) is 22.4 Å². The molecule has 12 aromatic rings. The van der Waals surface area contributed by atoms with Crippen LogP contribution in [0.25, 0.3) is 72.7 Å². The minimum atomic E-state index is -2.79. The Morgan fingerprint density at radius 2 is 0.833 bits per heavy atom. The molecule has 0 saturated heterocycles. The van der Waals surface area contributed by atoms with E-state index in [0.29, 0.717) is 5.82 Å². The number of rotatable bonds is 7. The molecule has 0 N–H and O–H groups in total. The van der Waals surface area contributed by atoms with Gasteiger partial charge in [0.1, 0.15) is 11.6 Å². The maximum absolute atomic E-state index is 5.39. The van der Waals surface area contributed by atoms with Gasteiger partial charge < -0.3 is 0 Å². The van der Waals surface area contributed by atoms with E-state index in [1.165, 1.54) is 31.5 Å². The number of nitrogens with zero attached hydrogens (tertiary/aromatic N) is 6. The van der Waals surface area contributed by atoms with E-state index >= 15 is 0 Å². The summed E-state index contributed by atoms with van der Waals surface area (Å²) < 4.78 is 6.73. The van der Waals surface area contributed by atoms with Gasteiger partial charge in [-0.2, -0.15) is 0 Å². The molecule has 12 rings (SSSR count). The number of hydrogen-bond acceptors (Lipinski definition) is 3. The standard InChI is InChI=1S/C53H36N6Si/c1-5-19-37(20-6-1)52-55-50(36-51(56-52)59-49-32-18-17-31-48(49)58-47-30-16-14-28-44(47)54-53(58)59)57-45-29-15-13-27-42(45)43-35-41(33-34-46(43)57)60(38-21-7-2-8-22-38,39-23-9-3-10-24-39)40-25-11-4-12-26-40/h1-36H. The van der Waals surface area contributed by atoms with Crippen LogP contribution in [0.4, 0.5) is 0 Å². The minimum Gasteiger partial charge on any atom is -0.294 e. The molecule has 4 heterocycles. The summed E-state index contributed by atoms with van der Waals surface area (Å²) in [6, 6.07) is 78.3. The third-order valence-electron chi connectivity index (χ3n) is 12.0. The molecule has 0 aliphatic carbocycles. The summed E-state index contributed by atoms with van der Waals surface area (Å²) in [4.78, 5) is 15.9. The molecular formula is C53H36N6Si. The highest BCUT2D eigenvalue weighted by molar-refractivity contribution is 7.20. The topological polar surface area (TPSA) is 52.9 Å². The van der Waals surface area contributed by atoms with E-state index < -0.39 is 8.07 Å². The van der Waals surface area contributed by atoms with Gasteiger partial charge in [-0.3, -0.25) is 13.5 Å². The lowest BCUT2D eigenvalue weighted by Gasteiger charge is -2.34. The molecule has 0 aliphatic heterocycles. The van der Waals surface area contributed by atoms with E-state index in [4.69, 9.17) is 15.0 Å². The van der Waals surface area contributed by atoms with Crippen LogP contribution in [0.3, 0.4) is 0 Å². The highest BCUT2D eigenvalue weighted by Crippen LogP contribution is 2.34. The Bertz CT molecular complexity index is 3440. The van der Waals surface area contributed by atoms with E-state index in [9.17, 15) is 0 Å². The smallest absolute Gasteiger partial charge is 0.221 e. The molecule has 0 spiro atoms. The fourth-order valence-electron chi connectivity index (χ4n) is 9.46. The Balaban J connectivity index is 1.16. The number of imidazole rings is 2. The van der Waals surface area contributed by atoms with Crippen molar-refractivity contribution in [1.82, 2.24) is 28.5 Å². The van der Waals surface area contributed by atoms with Crippen molar-refractivity contribution < 1.29 is 0 Å². The Hall–Kier alpha value is -7.87. The van der Waals surface area contributed by atoms with Crippen LogP contribution in [0.5, 0.6) is 0 Å². The molecule has 0 fully saturated rings. The molecule has 0 aliphatic rings. The minimum absolute atomic E-state index is 0.640. The first-order valence-corrected chi connectivity index (χ1v) is 22.3. The van der Waals surface area contributed by atoms with Gasteiger partial charge in [0.2, 0.25) is 5.78 Å². The highest BCUT2D eigenvalue weighted by Gasteiger charge is 2.41. The van der Waals surface area contributed by atoms with Crippen molar-refractivity contribution in [2.75, 3.05) is 0 Å². The molecule has 8 aromatic carbocycles. The van der Waals surface area contributed by atoms with Crippen LogP contribution in [0, 0.1) is 0 Å². The van der Waals surface area contributed by atoms with Crippen LogP contribution < -0.4 is 20.7 Å². The molecule has 7 heteroatoms. The van der Waals surface area contributed by atoms with Crippen LogP contribution in [0.2, 0.25) is 0 Å². The van der Waals surface area contributed by atoms with Crippen molar-refractivity contribution in [1.29, 1.82) is 0 Å². The number of benzene rings is 8. The van der Waals surface area contributed by atoms with E-state index in [-0.39, 0.29) is 0 Å². The fraction of sp³-hybridized carbons (Fsp3) is 0. The van der Waals surface area contributed by atoms with Crippen molar-refractivity contribution in [2.24, 2.45) is 0 Å². The highest BCUT2D eigenvalue weighted by atomic mass is 28.3. The third kappa shape index (κ3) is 5.09. The van der Waals surface area contributed by atoms with Gasteiger partial charge in [-0.15, -0.1) is 0 Å². The van der Waals surface area contributed by atoms with E-state index in [1.807, 2.05) is 24.3 Å². The normalized spacial score (nSPS) is 12.0. The average molecular weight is 785 g/mol. The predicted octanol–water partition coefficient (Wildman–Crippen LogP) is 9.36. The zero-order valence-electron chi connectivity index (χ0n) is 32.5. The summed E-state index contributed by atoms with van der Waals surface area (Å²) in [6.07, 6.45) is 0. The summed E-state index contributed by atoms with van der Waals surface area (Å²) in [5.74, 6) is 2.97. The molecular weight excluding hydrogens is 749 g/mol. The van der Waals surface area contributed by atoms with Crippen LogP contribution >= 0.6 is 0 Å². The quantitative estimate of drug-likeness (QED) is 0.120. The molecule has 60 heavy (non-hydrogen) atoms. The lowest BCUT2D eigenvalue weighted by molar-refractivity contribution is 0.980. The lowest BCUT2D eigenvalue weighted by atomic mass is 10.1. The van der Waals surface area contributed by atoms with Crippen LogP contribution in [-0.4, -0.2) is 36.6 Å². The van der Waals surface area contributed by atoms with E-state index in [0.717, 1.165) is 56.1 Å². The maximum Gasteiger partial charge on any atom is 0.221 e.